The highest BCUT2D eigenvalue weighted by Gasteiger charge is 2.06. The summed E-state index contributed by atoms with van der Waals surface area (Å²) < 4.78 is 0. The summed E-state index contributed by atoms with van der Waals surface area (Å²) in [6.45, 7) is 0.910. The Morgan fingerprint density at radius 3 is 2.32 bits per heavy atom. The molecule has 1 heterocycles. The van der Waals surface area contributed by atoms with Crippen LogP contribution in [-0.2, 0) is 11.9 Å². The topological polar surface area (TPSA) is 110 Å². The Balaban J connectivity index is 0.000000196. The molecule has 0 bridgehead atoms. The minimum absolute atomic E-state index is 0.373. The van der Waals surface area contributed by atoms with Gasteiger partial charge in [-0.15, -0.1) is 5.10 Å². The molecule has 8 heteroatoms. The lowest BCUT2D eigenvalue weighted by Crippen LogP contribution is -2.01. The van der Waals surface area contributed by atoms with Crippen LogP contribution in [0.5, 0.6) is 0 Å². The maximum Gasteiger partial charge on any atom is 0.107 e. The number of halogens is 1. The van der Waals surface area contributed by atoms with Gasteiger partial charge in [0.1, 0.15) is 6.54 Å². The van der Waals surface area contributed by atoms with Crippen molar-refractivity contribution in [3.05, 3.63) is 81.2 Å². The molecule has 3 rings (SSSR count). The molecule has 0 amide bonds. The monoisotopic (exact) mass is 395 g/mol. The number of azide groups is 1. The molecular formula is C17H14BrN7. The molecule has 0 aliphatic carbocycles. The molecule has 1 aliphatic rings. The van der Waals surface area contributed by atoms with Crippen molar-refractivity contribution < 1.29 is 0 Å². The number of rotatable bonds is 4. The average Bonchev–Trinajstić information content (AvgIpc) is 3.22. The van der Waals surface area contributed by atoms with Gasteiger partial charge < -0.3 is 0 Å². The molecular weight excluding hydrogens is 382 g/mol. The van der Waals surface area contributed by atoms with Crippen LogP contribution < -0.4 is 0 Å². The van der Waals surface area contributed by atoms with Crippen LogP contribution in [0.25, 0.3) is 10.4 Å². The fraction of sp³-hybridized carbons (Fsp3) is 0.176. The van der Waals surface area contributed by atoms with Gasteiger partial charge in [-0.05, 0) is 39.6 Å². The van der Waals surface area contributed by atoms with Crippen molar-refractivity contribution in [1.82, 2.24) is 0 Å². The second-order valence-corrected chi connectivity index (χ2v) is 5.52. The van der Waals surface area contributed by atoms with E-state index in [1.165, 1.54) is 5.56 Å². The Morgan fingerprint density at radius 2 is 1.80 bits per heavy atom. The third-order valence-corrected chi connectivity index (χ3v) is 3.94. The second-order valence-electron chi connectivity index (χ2n) is 4.96. The Bertz CT molecular complexity index is 842. The van der Waals surface area contributed by atoms with Crippen molar-refractivity contribution in [2.45, 2.75) is 11.9 Å². The molecule has 0 fully saturated rings. The predicted molar refractivity (Wildman–Crippen MR) is 99.3 cm³/mol. The Hall–Kier alpha value is -3.01. The average molecular weight is 396 g/mol. The zero-order valence-corrected chi connectivity index (χ0v) is 14.8. The molecule has 124 valence electrons. The van der Waals surface area contributed by atoms with Gasteiger partial charge >= 0.3 is 0 Å². The largest absolute Gasteiger partial charge is 0.192 e. The highest BCUT2D eigenvalue weighted by molar-refractivity contribution is 9.08. The Labute approximate surface area is 153 Å². The van der Waals surface area contributed by atoms with Crippen LogP contribution >= 0.6 is 15.9 Å². The molecule has 2 aromatic rings. The first kappa shape index (κ1) is 18.3. The number of hydrogen-bond acceptors (Lipinski definition) is 5. The van der Waals surface area contributed by atoms with Crippen LogP contribution in [0.3, 0.4) is 0 Å². The van der Waals surface area contributed by atoms with E-state index in [2.05, 4.69) is 47.5 Å². The number of nitrogens with zero attached hydrogens (tertiary/aromatic N) is 7. The highest BCUT2D eigenvalue weighted by atomic mass is 79.9. The maximum atomic E-state index is 8.44. The number of alkyl halides is 1. The van der Waals surface area contributed by atoms with Gasteiger partial charge in [-0.1, -0.05) is 57.4 Å². The van der Waals surface area contributed by atoms with Crippen LogP contribution in [-0.4, -0.2) is 12.3 Å². The van der Waals surface area contributed by atoms with E-state index >= 15 is 0 Å². The van der Waals surface area contributed by atoms with E-state index in [1.54, 1.807) is 0 Å². The lowest BCUT2D eigenvalue weighted by atomic mass is 10.1. The van der Waals surface area contributed by atoms with E-state index in [1.807, 2.05) is 48.5 Å². The summed E-state index contributed by atoms with van der Waals surface area (Å²) in [7, 11) is 0. The molecule has 0 atom stereocenters. The minimum Gasteiger partial charge on any atom is -0.192 e. The minimum atomic E-state index is 0.373. The first-order valence-corrected chi connectivity index (χ1v) is 8.47. The molecule has 7 nitrogen and oxygen atoms in total. The number of hydrogen-bond donors (Lipinski definition) is 0. The van der Waals surface area contributed by atoms with Crippen LogP contribution in [0.2, 0.25) is 0 Å². The maximum absolute atomic E-state index is 8.44. The van der Waals surface area contributed by atoms with E-state index in [-0.39, 0.29) is 0 Å². The molecule has 0 saturated heterocycles. The molecule has 0 aromatic heterocycles. The first-order chi connectivity index (χ1) is 12.3. The fourth-order valence-corrected chi connectivity index (χ4v) is 2.32. The summed E-state index contributed by atoms with van der Waals surface area (Å²) in [6, 6.07) is 17.2. The van der Waals surface area contributed by atoms with E-state index in [0.29, 0.717) is 18.7 Å². The van der Waals surface area contributed by atoms with Crippen molar-refractivity contribution in [3.63, 3.8) is 0 Å². The standard InChI is InChI=1S/C9H8N6.C8H6BrN/c10-14-11-5-7-1-3-8(4-2-7)9-6-12-15-13-9;9-5-7-1-3-8(6-10)4-2-7/h1-4H,5-6H2;1-4H,5H2. The molecule has 2 aromatic carbocycles. The van der Waals surface area contributed by atoms with E-state index in [9.17, 15) is 0 Å². The van der Waals surface area contributed by atoms with E-state index < -0.39 is 0 Å². The molecule has 0 radical (unpaired) electrons. The molecule has 0 spiro atoms. The summed E-state index contributed by atoms with van der Waals surface area (Å²) in [6.07, 6.45) is 0. The van der Waals surface area contributed by atoms with Crippen LogP contribution in [0.15, 0.2) is 69.1 Å². The first-order valence-electron chi connectivity index (χ1n) is 7.35. The molecule has 0 unspecified atom stereocenters. The second kappa shape index (κ2) is 9.98. The smallest absolute Gasteiger partial charge is 0.107 e. The van der Waals surface area contributed by atoms with Gasteiger partial charge in [-0.2, -0.15) is 10.4 Å². The van der Waals surface area contributed by atoms with Gasteiger partial charge in [0, 0.05) is 10.2 Å². The summed E-state index contributed by atoms with van der Waals surface area (Å²) in [5.41, 5.74) is 12.9. The van der Waals surface area contributed by atoms with Crippen molar-refractivity contribution in [1.29, 1.82) is 5.26 Å². The lowest BCUT2D eigenvalue weighted by Gasteiger charge is -1.99. The highest BCUT2D eigenvalue weighted by Crippen LogP contribution is 2.10. The molecule has 0 N–H and O–H groups in total. The van der Waals surface area contributed by atoms with Gasteiger partial charge in [0.25, 0.3) is 0 Å². The van der Waals surface area contributed by atoms with Crippen LogP contribution in [0.1, 0.15) is 22.3 Å². The molecule has 1 aliphatic heterocycles. The summed E-state index contributed by atoms with van der Waals surface area (Å²) in [5.74, 6) is 0. The predicted octanol–water partition coefficient (Wildman–Crippen LogP) is 5.12. The van der Waals surface area contributed by atoms with Crippen LogP contribution in [0.4, 0.5) is 0 Å². The summed E-state index contributed by atoms with van der Waals surface area (Å²) in [5, 5.41) is 24.0. The van der Waals surface area contributed by atoms with Gasteiger partial charge in [0.05, 0.1) is 23.9 Å². The van der Waals surface area contributed by atoms with Gasteiger partial charge in [-0.25, -0.2) is 0 Å². The lowest BCUT2D eigenvalue weighted by molar-refractivity contribution is 1.05. The van der Waals surface area contributed by atoms with E-state index in [4.69, 9.17) is 10.8 Å². The summed E-state index contributed by atoms with van der Waals surface area (Å²) in [4.78, 5) is 2.70. The SMILES string of the molecule is N#Cc1ccc(CBr)cc1.[N-]=[N+]=NCc1ccc(C2=NN=NC2)cc1. The van der Waals surface area contributed by atoms with Crippen molar-refractivity contribution in [2.24, 2.45) is 20.6 Å². The molecule has 0 saturated carbocycles. The van der Waals surface area contributed by atoms with Gasteiger partial charge in [0.15, 0.2) is 0 Å². The quantitative estimate of drug-likeness (QED) is 0.304. The van der Waals surface area contributed by atoms with Crippen molar-refractivity contribution >= 4 is 21.6 Å². The Kier molecular flexibility index (Phi) is 7.32. The fourth-order valence-electron chi connectivity index (χ4n) is 1.95. The molecule has 25 heavy (non-hydrogen) atoms. The van der Waals surface area contributed by atoms with Crippen LogP contribution in [0, 0.1) is 11.3 Å². The van der Waals surface area contributed by atoms with Gasteiger partial charge in [0.2, 0.25) is 0 Å². The van der Waals surface area contributed by atoms with Crippen molar-refractivity contribution in [3.8, 4) is 6.07 Å². The van der Waals surface area contributed by atoms with E-state index in [0.717, 1.165) is 22.2 Å². The summed E-state index contributed by atoms with van der Waals surface area (Å²) >= 11 is 3.32. The zero-order chi connectivity index (χ0) is 17.9. The Morgan fingerprint density at radius 1 is 1.12 bits per heavy atom. The van der Waals surface area contributed by atoms with Crippen molar-refractivity contribution in [2.75, 3.05) is 6.54 Å². The zero-order valence-electron chi connectivity index (χ0n) is 13.2. The number of benzene rings is 2. The third-order valence-electron chi connectivity index (χ3n) is 3.29. The number of nitriles is 1. The third kappa shape index (κ3) is 5.84. The normalized spacial score (nSPS) is 11.6. The van der Waals surface area contributed by atoms with Gasteiger partial charge in [-0.3, -0.25) is 0 Å².